The van der Waals surface area contributed by atoms with E-state index in [1.54, 1.807) is 0 Å². The molecule has 1 atom stereocenters. The zero-order chi connectivity index (χ0) is 10.8. The van der Waals surface area contributed by atoms with Gasteiger partial charge in [0.05, 0.1) is 20.1 Å². The summed E-state index contributed by atoms with van der Waals surface area (Å²) in [4.78, 5) is 0. The topological polar surface area (TPSA) is 9.23 Å². The standard InChI is InChI=1S/C12H22OSi/c1-10(2)13-12(3,14(4)5)11-8-6-7-9-11/h6,8-10,14H,7H2,1-5H3. The zero-order valence-corrected chi connectivity index (χ0v) is 11.2. The molecule has 1 unspecified atom stereocenters. The van der Waals surface area contributed by atoms with Gasteiger partial charge in [-0.1, -0.05) is 31.3 Å². The van der Waals surface area contributed by atoms with Gasteiger partial charge >= 0.3 is 0 Å². The van der Waals surface area contributed by atoms with Crippen LogP contribution in [0.2, 0.25) is 13.1 Å². The van der Waals surface area contributed by atoms with Crippen molar-refractivity contribution in [2.24, 2.45) is 0 Å². The van der Waals surface area contributed by atoms with Crippen LogP contribution in [0.5, 0.6) is 0 Å². The van der Waals surface area contributed by atoms with E-state index in [0.717, 1.165) is 6.42 Å². The molecule has 2 heteroatoms. The van der Waals surface area contributed by atoms with Gasteiger partial charge in [-0.2, -0.15) is 0 Å². The SMILES string of the molecule is CC(C)OC(C)(C1=CCC=C1)[SiH](C)C. The average molecular weight is 210 g/mol. The van der Waals surface area contributed by atoms with Crippen molar-refractivity contribution in [3.8, 4) is 0 Å². The van der Waals surface area contributed by atoms with Gasteiger partial charge in [0.25, 0.3) is 0 Å². The first-order chi connectivity index (χ1) is 6.47. The van der Waals surface area contributed by atoms with Crippen molar-refractivity contribution >= 4 is 8.80 Å². The van der Waals surface area contributed by atoms with Crippen LogP contribution in [-0.4, -0.2) is 20.1 Å². The molecule has 0 aliphatic heterocycles. The Kier molecular flexibility index (Phi) is 3.73. The molecule has 0 spiro atoms. The summed E-state index contributed by atoms with van der Waals surface area (Å²) in [5.74, 6) is 0. The number of allylic oxidation sites excluding steroid dienone is 2. The lowest BCUT2D eigenvalue weighted by Gasteiger charge is -2.36. The summed E-state index contributed by atoms with van der Waals surface area (Å²) in [5.41, 5.74) is 1.40. The highest BCUT2D eigenvalue weighted by molar-refractivity contribution is 6.60. The molecule has 14 heavy (non-hydrogen) atoms. The van der Waals surface area contributed by atoms with Crippen LogP contribution in [0.25, 0.3) is 0 Å². The first kappa shape index (κ1) is 11.7. The molecule has 1 aliphatic rings. The van der Waals surface area contributed by atoms with Gasteiger partial charge in [0.2, 0.25) is 0 Å². The monoisotopic (exact) mass is 210 g/mol. The fourth-order valence-corrected chi connectivity index (χ4v) is 3.28. The molecule has 0 fully saturated rings. The van der Waals surface area contributed by atoms with Gasteiger partial charge in [0.15, 0.2) is 0 Å². The molecule has 0 heterocycles. The third kappa shape index (κ3) is 2.37. The maximum Gasteiger partial charge on any atom is 0.0760 e. The van der Waals surface area contributed by atoms with E-state index in [1.807, 2.05) is 0 Å². The Morgan fingerprint density at radius 3 is 2.43 bits per heavy atom. The Labute approximate surface area is 89.5 Å². The second kappa shape index (κ2) is 4.45. The van der Waals surface area contributed by atoms with Crippen LogP contribution in [0.4, 0.5) is 0 Å². The Morgan fingerprint density at radius 1 is 1.43 bits per heavy atom. The van der Waals surface area contributed by atoms with Gasteiger partial charge in [-0.15, -0.1) is 0 Å². The Hall–Kier alpha value is -0.343. The number of hydrogen-bond acceptors (Lipinski definition) is 1. The summed E-state index contributed by atoms with van der Waals surface area (Å²) in [7, 11) is -0.851. The van der Waals surface area contributed by atoms with Crippen LogP contribution in [0.1, 0.15) is 27.2 Å². The molecule has 0 aromatic carbocycles. The Bertz CT molecular complexity index is 253. The number of rotatable bonds is 4. The van der Waals surface area contributed by atoms with Crippen molar-refractivity contribution in [1.82, 2.24) is 0 Å². The minimum atomic E-state index is -0.851. The molecule has 0 radical (unpaired) electrons. The van der Waals surface area contributed by atoms with Crippen molar-refractivity contribution in [3.63, 3.8) is 0 Å². The van der Waals surface area contributed by atoms with Gasteiger partial charge in [0, 0.05) is 0 Å². The van der Waals surface area contributed by atoms with Crippen molar-refractivity contribution in [1.29, 1.82) is 0 Å². The Morgan fingerprint density at radius 2 is 2.07 bits per heavy atom. The fourth-order valence-electron chi connectivity index (χ4n) is 1.85. The maximum atomic E-state index is 6.13. The normalized spacial score (nSPS) is 20.4. The van der Waals surface area contributed by atoms with Crippen molar-refractivity contribution in [2.45, 2.75) is 51.6 Å². The van der Waals surface area contributed by atoms with Gasteiger partial charge in [-0.3, -0.25) is 0 Å². The quantitative estimate of drug-likeness (QED) is 0.648. The molecule has 1 aliphatic carbocycles. The molecule has 0 N–H and O–H groups in total. The van der Waals surface area contributed by atoms with E-state index < -0.39 is 8.80 Å². The van der Waals surface area contributed by atoms with Gasteiger partial charge in [-0.05, 0) is 32.8 Å². The van der Waals surface area contributed by atoms with E-state index in [1.165, 1.54) is 5.57 Å². The number of hydrogen-bond donors (Lipinski definition) is 0. The molecule has 1 rings (SSSR count). The Balaban J connectivity index is 2.86. The van der Waals surface area contributed by atoms with E-state index in [9.17, 15) is 0 Å². The summed E-state index contributed by atoms with van der Waals surface area (Å²) < 4.78 is 6.13. The predicted molar refractivity (Wildman–Crippen MR) is 65.3 cm³/mol. The molecule has 80 valence electrons. The van der Waals surface area contributed by atoms with Crippen LogP contribution in [0.3, 0.4) is 0 Å². The molecular weight excluding hydrogens is 188 g/mol. The second-order valence-electron chi connectivity index (χ2n) is 4.73. The molecule has 0 bridgehead atoms. The molecular formula is C12H22OSi. The van der Waals surface area contributed by atoms with E-state index in [4.69, 9.17) is 4.74 Å². The van der Waals surface area contributed by atoms with Gasteiger partial charge < -0.3 is 4.74 Å². The second-order valence-corrected chi connectivity index (χ2v) is 8.14. The lowest BCUT2D eigenvalue weighted by molar-refractivity contribution is 0.00875. The van der Waals surface area contributed by atoms with E-state index >= 15 is 0 Å². The van der Waals surface area contributed by atoms with E-state index in [-0.39, 0.29) is 5.22 Å². The molecule has 0 saturated carbocycles. The van der Waals surface area contributed by atoms with Crippen molar-refractivity contribution < 1.29 is 4.74 Å². The third-order valence-corrected chi connectivity index (χ3v) is 5.60. The van der Waals surface area contributed by atoms with E-state index in [0.29, 0.717) is 6.10 Å². The zero-order valence-electron chi connectivity index (χ0n) is 10.0. The third-order valence-electron chi connectivity index (χ3n) is 2.93. The first-order valence-corrected chi connectivity index (χ1v) is 8.40. The summed E-state index contributed by atoms with van der Waals surface area (Å²) >= 11 is 0. The molecule has 0 aromatic heterocycles. The minimum absolute atomic E-state index is 0.0150. The molecule has 0 aromatic rings. The highest BCUT2D eigenvalue weighted by Gasteiger charge is 2.34. The average Bonchev–Trinajstić information content (AvgIpc) is 2.53. The van der Waals surface area contributed by atoms with Gasteiger partial charge in [-0.25, -0.2) is 0 Å². The van der Waals surface area contributed by atoms with Gasteiger partial charge in [0.1, 0.15) is 0 Å². The predicted octanol–water partition coefficient (Wildman–Crippen LogP) is 3.08. The number of ether oxygens (including phenoxy) is 1. The highest BCUT2D eigenvalue weighted by atomic mass is 28.3. The lowest BCUT2D eigenvalue weighted by Crippen LogP contribution is -2.44. The fraction of sp³-hybridized carbons (Fsp3) is 0.667. The van der Waals surface area contributed by atoms with Crippen molar-refractivity contribution in [3.05, 3.63) is 23.8 Å². The smallest absolute Gasteiger partial charge is 0.0760 e. The summed E-state index contributed by atoms with van der Waals surface area (Å²) in [6.45, 7) is 11.2. The summed E-state index contributed by atoms with van der Waals surface area (Å²) in [6.07, 6.45) is 8.14. The summed E-state index contributed by atoms with van der Waals surface area (Å²) in [5, 5.41) is 0.0150. The van der Waals surface area contributed by atoms with Crippen LogP contribution < -0.4 is 0 Å². The van der Waals surface area contributed by atoms with E-state index in [2.05, 4.69) is 52.1 Å². The maximum absolute atomic E-state index is 6.13. The van der Waals surface area contributed by atoms with Crippen LogP contribution in [0, 0.1) is 0 Å². The van der Waals surface area contributed by atoms with Crippen LogP contribution in [-0.2, 0) is 4.74 Å². The lowest BCUT2D eigenvalue weighted by atomic mass is 10.1. The molecule has 0 amide bonds. The minimum Gasteiger partial charge on any atom is -0.372 e. The highest BCUT2D eigenvalue weighted by Crippen LogP contribution is 2.30. The molecule has 1 nitrogen and oxygen atoms in total. The largest absolute Gasteiger partial charge is 0.372 e. The van der Waals surface area contributed by atoms with Crippen LogP contribution in [0.15, 0.2) is 23.8 Å². The molecule has 0 saturated heterocycles. The van der Waals surface area contributed by atoms with Crippen LogP contribution >= 0.6 is 0 Å². The van der Waals surface area contributed by atoms with Crippen molar-refractivity contribution in [2.75, 3.05) is 0 Å². The first-order valence-electron chi connectivity index (χ1n) is 5.52. The summed E-state index contributed by atoms with van der Waals surface area (Å²) in [6, 6.07) is 0.